The maximum absolute atomic E-state index is 13.4. The van der Waals surface area contributed by atoms with E-state index in [1.807, 2.05) is 0 Å². The predicted molar refractivity (Wildman–Crippen MR) is 98.7 cm³/mol. The Labute approximate surface area is 158 Å². The van der Waals surface area contributed by atoms with Gasteiger partial charge in [-0.15, -0.1) is 0 Å². The number of hydrogen-bond donors (Lipinski definition) is 3. The van der Waals surface area contributed by atoms with E-state index in [0.29, 0.717) is 11.6 Å². The van der Waals surface area contributed by atoms with Crippen molar-refractivity contribution in [3.63, 3.8) is 0 Å². The molecule has 1 amide bonds. The topological polar surface area (TPSA) is 89.5 Å². The fraction of sp³-hybridized carbons (Fsp3) is 0.500. The second-order valence-corrected chi connectivity index (χ2v) is 8.08. The van der Waals surface area contributed by atoms with Crippen LogP contribution in [-0.2, 0) is 6.42 Å². The second-order valence-electron chi connectivity index (χ2n) is 8.08. The van der Waals surface area contributed by atoms with Crippen LogP contribution in [0.1, 0.15) is 54.1 Å². The van der Waals surface area contributed by atoms with Gasteiger partial charge in [0.15, 0.2) is 5.69 Å². The number of H-pyrrole nitrogens is 1. The van der Waals surface area contributed by atoms with Crippen LogP contribution in [0.2, 0.25) is 0 Å². The van der Waals surface area contributed by atoms with Crippen LogP contribution in [0, 0.1) is 17.2 Å². The lowest BCUT2D eigenvalue weighted by atomic mass is 9.90. The van der Waals surface area contributed by atoms with E-state index in [0.717, 1.165) is 23.2 Å². The van der Waals surface area contributed by atoms with E-state index in [4.69, 9.17) is 0 Å². The van der Waals surface area contributed by atoms with Gasteiger partial charge in [0, 0.05) is 23.2 Å². The van der Waals surface area contributed by atoms with E-state index in [-0.39, 0.29) is 31.5 Å². The molecule has 1 aliphatic rings. The smallest absolute Gasteiger partial charge is 0.275 e. The Kier molecular flexibility index (Phi) is 5.35. The Morgan fingerprint density at radius 1 is 1.26 bits per heavy atom. The Morgan fingerprint density at radius 2 is 1.89 bits per heavy atom. The number of fused-ring (bicyclic) bond motifs is 1. The Balaban J connectivity index is 2.09. The maximum atomic E-state index is 13.4. The minimum Gasteiger partial charge on any atom is -0.396 e. The van der Waals surface area contributed by atoms with Crippen molar-refractivity contribution >= 4 is 5.91 Å². The van der Waals surface area contributed by atoms with Crippen molar-refractivity contribution in [1.82, 2.24) is 15.1 Å². The molecule has 0 bridgehead atoms. The number of carbonyl (C=O) groups excluding carboxylic acids is 1. The number of carbonyl (C=O) groups is 1. The molecule has 2 aromatic rings. The fourth-order valence-electron chi connectivity index (χ4n) is 3.53. The molecule has 6 nitrogen and oxygen atoms in total. The maximum Gasteiger partial charge on any atom is 0.275 e. The molecule has 1 atom stereocenters. The Hall–Kier alpha value is -2.25. The molecule has 3 rings (SSSR count). The average molecular weight is 375 g/mol. The molecule has 2 heterocycles. The third-order valence-corrected chi connectivity index (χ3v) is 5.05. The molecule has 27 heavy (non-hydrogen) atoms. The first-order chi connectivity index (χ1) is 12.8. The standard InChI is InChI=1S/C20H26FN3O3/c1-12(2)8-15-16-17(23-22-15)19(27)24(9-20(3,10-25)11-26)18(16)13-4-6-14(21)7-5-13/h4-7,12,18,25-26H,8-11H2,1-3H3,(H,22,23). The highest BCUT2D eigenvalue weighted by Gasteiger charge is 2.44. The lowest BCUT2D eigenvalue weighted by Gasteiger charge is -2.34. The zero-order valence-electron chi connectivity index (χ0n) is 15.9. The molecule has 0 saturated carbocycles. The molecule has 1 aromatic carbocycles. The zero-order chi connectivity index (χ0) is 19.8. The number of hydrogen-bond acceptors (Lipinski definition) is 4. The first-order valence-corrected chi connectivity index (χ1v) is 9.15. The minimum absolute atomic E-state index is 0.165. The highest BCUT2D eigenvalue weighted by Crippen LogP contribution is 2.41. The third-order valence-electron chi connectivity index (χ3n) is 5.05. The van der Waals surface area contributed by atoms with Gasteiger partial charge in [0.2, 0.25) is 0 Å². The zero-order valence-corrected chi connectivity index (χ0v) is 15.9. The molecule has 7 heteroatoms. The highest BCUT2D eigenvalue weighted by atomic mass is 19.1. The van der Waals surface area contributed by atoms with Gasteiger partial charge in [-0.05, 0) is 30.0 Å². The van der Waals surface area contributed by atoms with E-state index in [1.165, 1.54) is 12.1 Å². The van der Waals surface area contributed by atoms with Crippen LogP contribution >= 0.6 is 0 Å². The van der Waals surface area contributed by atoms with E-state index in [2.05, 4.69) is 24.0 Å². The molecule has 1 unspecified atom stereocenters. The predicted octanol–water partition coefficient (Wildman–Crippen LogP) is 2.28. The van der Waals surface area contributed by atoms with Crippen molar-refractivity contribution in [3.8, 4) is 0 Å². The van der Waals surface area contributed by atoms with Crippen LogP contribution in [0.3, 0.4) is 0 Å². The largest absolute Gasteiger partial charge is 0.396 e. The van der Waals surface area contributed by atoms with Crippen molar-refractivity contribution < 1.29 is 19.4 Å². The van der Waals surface area contributed by atoms with Gasteiger partial charge in [0.1, 0.15) is 5.82 Å². The molecule has 1 aliphatic heterocycles. The number of aliphatic hydroxyl groups excluding tert-OH is 2. The van der Waals surface area contributed by atoms with Crippen LogP contribution in [0.15, 0.2) is 24.3 Å². The van der Waals surface area contributed by atoms with Crippen molar-refractivity contribution in [2.45, 2.75) is 33.2 Å². The van der Waals surface area contributed by atoms with Crippen molar-refractivity contribution in [3.05, 3.63) is 52.6 Å². The summed E-state index contributed by atoms with van der Waals surface area (Å²) in [5.41, 5.74) is 1.98. The summed E-state index contributed by atoms with van der Waals surface area (Å²) < 4.78 is 13.4. The molecule has 0 spiro atoms. The summed E-state index contributed by atoms with van der Waals surface area (Å²) in [6.07, 6.45) is 0.735. The molecule has 0 aliphatic carbocycles. The van der Waals surface area contributed by atoms with E-state index < -0.39 is 11.5 Å². The SMILES string of the molecule is CC(C)Cc1[nH]nc2c1C(c1ccc(F)cc1)N(CC(C)(CO)CO)C2=O. The normalized spacial score (nSPS) is 17.1. The second kappa shape index (κ2) is 7.40. The number of aliphatic hydroxyl groups is 2. The number of nitrogens with zero attached hydrogens (tertiary/aromatic N) is 2. The van der Waals surface area contributed by atoms with Gasteiger partial charge in [-0.1, -0.05) is 32.9 Å². The summed E-state index contributed by atoms with van der Waals surface area (Å²) in [5.74, 6) is -0.230. The lowest BCUT2D eigenvalue weighted by Crippen LogP contribution is -2.43. The minimum atomic E-state index is -0.848. The first-order valence-electron chi connectivity index (χ1n) is 9.15. The van der Waals surface area contributed by atoms with Gasteiger partial charge in [0.25, 0.3) is 5.91 Å². The fourth-order valence-corrected chi connectivity index (χ4v) is 3.53. The number of halogens is 1. The van der Waals surface area contributed by atoms with Crippen LogP contribution in [-0.4, -0.2) is 51.0 Å². The van der Waals surface area contributed by atoms with Gasteiger partial charge < -0.3 is 15.1 Å². The molecule has 0 saturated heterocycles. The number of nitrogens with one attached hydrogen (secondary N) is 1. The van der Waals surface area contributed by atoms with Gasteiger partial charge in [0.05, 0.1) is 19.3 Å². The molecule has 146 valence electrons. The average Bonchev–Trinajstić information content (AvgIpc) is 3.15. The molecule has 3 N–H and O–H groups in total. The summed E-state index contributed by atoms with van der Waals surface area (Å²) in [5, 5.41) is 26.6. The molecular formula is C20H26FN3O3. The summed E-state index contributed by atoms with van der Waals surface area (Å²) in [4.78, 5) is 14.7. The van der Waals surface area contributed by atoms with Gasteiger partial charge in [-0.2, -0.15) is 5.10 Å². The van der Waals surface area contributed by atoms with E-state index in [9.17, 15) is 19.4 Å². The van der Waals surface area contributed by atoms with Crippen LogP contribution in [0.25, 0.3) is 0 Å². The van der Waals surface area contributed by atoms with E-state index in [1.54, 1.807) is 24.0 Å². The highest BCUT2D eigenvalue weighted by molar-refractivity contribution is 5.98. The summed E-state index contributed by atoms with van der Waals surface area (Å²) in [6.45, 7) is 5.54. The van der Waals surface area contributed by atoms with Gasteiger partial charge in [-0.25, -0.2) is 4.39 Å². The van der Waals surface area contributed by atoms with E-state index >= 15 is 0 Å². The molecular weight excluding hydrogens is 349 g/mol. The molecule has 0 fully saturated rings. The van der Waals surface area contributed by atoms with Gasteiger partial charge >= 0.3 is 0 Å². The summed E-state index contributed by atoms with van der Waals surface area (Å²) in [7, 11) is 0. The number of benzene rings is 1. The Morgan fingerprint density at radius 3 is 2.44 bits per heavy atom. The lowest BCUT2D eigenvalue weighted by molar-refractivity contribution is 0.0269. The van der Waals surface area contributed by atoms with Crippen LogP contribution in [0.4, 0.5) is 4.39 Å². The number of aromatic amines is 1. The quantitative estimate of drug-likeness (QED) is 0.693. The van der Waals surface area contributed by atoms with Gasteiger partial charge in [-0.3, -0.25) is 9.89 Å². The van der Waals surface area contributed by atoms with Crippen molar-refractivity contribution in [2.75, 3.05) is 19.8 Å². The molecule has 0 radical (unpaired) electrons. The monoisotopic (exact) mass is 375 g/mol. The first kappa shape index (κ1) is 19.5. The van der Waals surface area contributed by atoms with Crippen LogP contribution < -0.4 is 0 Å². The van der Waals surface area contributed by atoms with Crippen molar-refractivity contribution in [1.29, 1.82) is 0 Å². The van der Waals surface area contributed by atoms with Crippen molar-refractivity contribution in [2.24, 2.45) is 11.3 Å². The number of rotatable bonds is 7. The van der Waals surface area contributed by atoms with Crippen LogP contribution in [0.5, 0.6) is 0 Å². The number of aromatic nitrogens is 2. The Bertz CT molecular complexity index is 812. The summed E-state index contributed by atoms with van der Waals surface area (Å²) >= 11 is 0. The summed E-state index contributed by atoms with van der Waals surface area (Å²) in [6, 6.07) is 5.64. The number of amides is 1. The third kappa shape index (κ3) is 3.61. The molecule has 1 aromatic heterocycles.